The molecule has 0 atom stereocenters. The third kappa shape index (κ3) is 4.39. The van der Waals surface area contributed by atoms with Crippen molar-refractivity contribution in [3.63, 3.8) is 0 Å². The Bertz CT molecular complexity index is 1200. The van der Waals surface area contributed by atoms with Crippen LogP contribution < -0.4 is 0 Å². The molecule has 1 aliphatic heterocycles. The number of aromatic nitrogens is 1. The van der Waals surface area contributed by atoms with Gasteiger partial charge in [-0.25, -0.2) is 22.2 Å². The quantitative estimate of drug-likeness (QED) is 0.576. The lowest BCUT2D eigenvalue weighted by Crippen LogP contribution is -2.51. The fourth-order valence-corrected chi connectivity index (χ4v) is 5.47. The number of thiophene rings is 1. The molecule has 11 heteroatoms. The van der Waals surface area contributed by atoms with E-state index < -0.39 is 26.6 Å². The summed E-state index contributed by atoms with van der Waals surface area (Å²) in [5.41, 5.74) is 0.539. The molecule has 0 aliphatic carbocycles. The minimum Gasteiger partial charge on any atom is -0.440 e. The third-order valence-corrected chi connectivity index (χ3v) is 7.84. The molecule has 0 N–H and O–H groups in total. The first-order chi connectivity index (χ1) is 14.8. The lowest BCUT2D eigenvalue weighted by atomic mass is 10.2. The Morgan fingerprint density at radius 2 is 1.94 bits per heavy atom. The number of oxazole rings is 1. The second-order valence-corrected chi connectivity index (χ2v) is 9.89. The van der Waals surface area contributed by atoms with Crippen LogP contribution in [0.4, 0.5) is 8.78 Å². The molecule has 0 spiro atoms. The maximum Gasteiger partial charge on any atom is 0.246 e. The van der Waals surface area contributed by atoms with Crippen molar-refractivity contribution in [1.82, 2.24) is 14.2 Å². The van der Waals surface area contributed by atoms with E-state index in [-0.39, 0.29) is 38.5 Å². The van der Waals surface area contributed by atoms with Crippen LogP contribution in [0.5, 0.6) is 0 Å². The van der Waals surface area contributed by atoms with E-state index in [1.807, 2.05) is 17.5 Å². The lowest BCUT2D eigenvalue weighted by Gasteiger charge is -2.34. The van der Waals surface area contributed by atoms with Gasteiger partial charge in [0.2, 0.25) is 21.8 Å². The molecular formula is C20H19F2N3O4S2. The van der Waals surface area contributed by atoms with Gasteiger partial charge in [0.05, 0.1) is 17.0 Å². The molecule has 1 amide bonds. The Hall–Kier alpha value is -2.63. The van der Waals surface area contributed by atoms with Crippen molar-refractivity contribution in [2.24, 2.45) is 0 Å². The highest BCUT2D eigenvalue weighted by atomic mass is 32.2. The number of sulfonamides is 1. The number of rotatable bonds is 5. The molecule has 0 saturated carbocycles. The first-order valence-corrected chi connectivity index (χ1v) is 11.8. The zero-order valence-corrected chi connectivity index (χ0v) is 18.2. The fourth-order valence-electron chi connectivity index (χ4n) is 3.35. The number of hydrogen-bond donors (Lipinski definition) is 0. The summed E-state index contributed by atoms with van der Waals surface area (Å²) in [6, 6.07) is 6.12. The number of benzene rings is 1. The highest BCUT2D eigenvalue weighted by Gasteiger charge is 2.32. The van der Waals surface area contributed by atoms with Crippen molar-refractivity contribution >= 4 is 27.3 Å². The zero-order valence-electron chi connectivity index (χ0n) is 16.5. The maximum absolute atomic E-state index is 14.0. The van der Waals surface area contributed by atoms with Crippen LogP contribution in [0.1, 0.15) is 11.5 Å². The molecule has 1 fully saturated rings. The lowest BCUT2D eigenvalue weighted by molar-refractivity contribution is -0.131. The van der Waals surface area contributed by atoms with Gasteiger partial charge in [-0.05, 0) is 30.5 Å². The molecule has 164 valence electrons. The second kappa shape index (κ2) is 8.48. The number of carbonyl (C=O) groups excluding carboxylic acids is 1. The molecule has 1 aromatic carbocycles. The van der Waals surface area contributed by atoms with E-state index in [4.69, 9.17) is 4.42 Å². The molecule has 0 bridgehead atoms. The average Bonchev–Trinajstić information content (AvgIpc) is 3.38. The highest BCUT2D eigenvalue weighted by Crippen LogP contribution is 2.26. The van der Waals surface area contributed by atoms with E-state index in [9.17, 15) is 22.0 Å². The van der Waals surface area contributed by atoms with Crippen LogP contribution in [-0.2, 0) is 21.2 Å². The molecule has 1 aliphatic rings. The van der Waals surface area contributed by atoms with Gasteiger partial charge in [0.15, 0.2) is 0 Å². The van der Waals surface area contributed by atoms with Crippen molar-refractivity contribution in [1.29, 1.82) is 0 Å². The molecular weight excluding hydrogens is 448 g/mol. The normalized spacial score (nSPS) is 15.4. The fraction of sp³-hybridized carbons (Fsp3) is 0.300. The number of halogens is 2. The Kier molecular flexibility index (Phi) is 5.91. The summed E-state index contributed by atoms with van der Waals surface area (Å²) >= 11 is 1.49. The number of aryl methyl sites for hydroxylation is 1. The molecule has 2 aromatic heterocycles. The van der Waals surface area contributed by atoms with E-state index in [0.717, 1.165) is 21.3 Å². The Morgan fingerprint density at radius 3 is 2.58 bits per heavy atom. The zero-order chi connectivity index (χ0) is 22.2. The standard InChI is InChI=1S/C20H19F2N3O4S2/c1-13-16(23-20(29-13)17-3-2-10-30-17)12-19(26)24-6-8-25(9-7-24)31(27,28)18-5-4-14(21)11-15(18)22/h2-5,10-11H,6-9,12H2,1H3. The van der Waals surface area contributed by atoms with Crippen LogP contribution in [0.15, 0.2) is 45.0 Å². The van der Waals surface area contributed by atoms with Gasteiger partial charge >= 0.3 is 0 Å². The van der Waals surface area contributed by atoms with Crippen LogP contribution in [0, 0.1) is 18.6 Å². The summed E-state index contributed by atoms with van der Waals surface area (Å²) < 4.78 is 59.2. The van der Waals surface area contributed by atoms with Crippen molar-refractivity contribution in [2.75, 3.05) is 26.2 Å². The van der Waals surface area contributed by atoms with Gasteiger partial charge < -0.3 is 9.32 Å². The number of amides is 1. The first-order valence-electron chi connectivity index (χ1n) is 9.49. The van der Waals surface area contributed by atoms with Crippen LogP contribution in [0.3, 0.4) is 0 Å². The van der Waals surface area contributed by atoms with E-state index in [1.54, 1.807) is 11.8 Å². The topological polar surface area (TPSA) is 83.7 Å². The molecule has 31 heavy (non-hydrogen) atoms. The van der Waals surface area contributed by atoms with Gasteiger partial charge in [-0.3, -0.25) is 4.79 Å². The van der Waals surface area contributed by atoms with Gasteiger partial charge in [0.1, 0.15) is 22.3 Å². The summed E-state index contributed by atoms with van der Waals surface area (Å²) in [4.78, 5) is 19.0. The minimum absolute atomic E-state index is 0.0170. The number of nitrogens with zero attached hydrogens (tertiary/aromatic N) is 3. The van der Waals surface area contributed by atoms with Crippen LogP contribution >= 0.6 is 11.3 Å². The second-order valence-electron chi connectivity index (χ2n) is 7.04. The predicted octanol–water partition coefficient (Wildman–Crippen LogP) is 3.07. The molecule has 3 aromatic rings. The van der Waals surface area contributed by atoms with Crippen LogP contribution in [-0.4, -0.2) is 54.7 Å². The molecule has 0 unspecified atom stereocenters. The number of piperazine rings is 1. The maximum atomic E-state index is 14.0. The van der Waals surface area contributed by atoms with Gasteiger partial charge in [-0.1, -0.05) is 6.07 Å². The summed E-state index contributed by atoms with van der Waals surface area (Å²) in [5, 5.41) is 1.91. The van der Waals surface area contributed by atoms with E-state index in [2.05, 4.69) is 4.98 Å². The SMILES string of the molecule is Cc1oc(-c2cccs2)nc1CC(=O)N1CCN(S(=O)(=O)c2ccc(F)cc2F)CC1. The molecule has 4 rings (SSSR count). The van der Waals surface area contributed by atoms with E-state index >= 15 is 0 Å². The average molecular weight is 468 g/mol. The van der Waals surface area contributed by atoms with Crippen LogP contribution in [0.25, 0.3) is 10.8 Å². The molecule has 1 saturated heterocycles. The van der Waals surface area contributed by atoms with Gasteiger partial charge in [0, 0.05) is 32.2 Å². The van der Waals surface area contributed by atoms with Crippen molar-refractivity contribution in [3.05, 3.63) is 58.8 Å². The third-order valence-electron chi connectivity index (χ3n) is 5.05. The van der Waals surface area contributed by atoms with E-state index in [1.165, 1.54) is 11.3 Å². The Labute approximate surface area is 182 Å². The molecule has 0 radical (unpaired) electrons. The Balaban J connectivity index is 1.40. The smallest absolute Gasteiger partial charge is 0.246 e. The monoisotopic (exact) mass is 467 g/mol. The largest absolute Gasteiger partial charge is 0.440 e. The van der Waals surface area contributed by atoms with E-state index in [0.29, 0.717) is 23.4 Å². The minimum atomic E-state index is -4.12. The van der Waals surface area contributed by atoms with Gasteiger partial charge in [-0.15, -0.1) is 11.3 Å². The highest BCUT2D eigenvalue weighted by molar-refractivity contribution is 7.89. The summed E-state index contributed by atoms with van der Waals surface area (Å²) in [6.07, 6.45) is 0.0417. The van der Waals surface area contributed by atoms with Gasteiger partial charge in [-0.2, -0.15) is 4.31 Å². The summed E-state index contributed by atoms with van der Waals surface area (Å²) in [5.74, 6) is -1.16. The molecule has 7 nitrogen and oxygen atoms in total. The summed E-state index contributed by atoms with van der Waals surface area (Å²) in [7, 11) is -4.12. The van der Waals surface area contributed by atoms with Crippen LogP contribution in [0.2, 0.25) is 0 Å². The number of hydrogen-bond acceptors (Lipinski definition) is 6. The first kappa shape index (κ1) is 21.6. The summed E-state index contributed by atoms with van der Waals surface area (Å²) in [6.45, 7) is 2.10. The predicted molar refractivity (Wildman–Crippen MR) is 110 cm³/mol. The van der Waals surface area contributed by atoms with Gasteiger partial charge in [0.25, 0.3) is 0 Å². The van der Waals surface area contributed by atoms with Crippen molar-refractivity contribution in [3.8, 4) is 10.8 Å². The van der Waals surface area contributed by atoms with Crippen molar-refractivity contribution < 1.29 is 26.4 Å². The molecule has 3 heterocycles. The number of carbonyl (C=O) groups is 1. The Morgan fingerprint density at radius 1 is 1.19 bits per heavy atom. The van der Waals surface area contributed by atoms with Crippen molar-refractivity contribution in [2.45, 2.75) is 18.2 Å².